The second-order valence-electron chi connectivity index (χ2n) is 4.57. The van der Waals surface area contributed by atoms with E-state index in [1.165, 1.54) is 48.5 Å². The molecular weight excluding hydrogens is 276 g/mol. The first kappa shape index (κ1) is 14.8. The molecule has 0 saturated heterocycles. The van der Waals surface area contributed by atoms with Gasteiger partial charge in [0.15, 0.2) is 0 Å². The summed E-state index contributed by atoms with van der Waals surface area (Å²) >= 11 is 0. The number of nitrogens with one attached hydrogen (secondary N) is 1. The van der Waals surface area contributed by atoms with E-state index in [9.17, 15) is 18.4 Å². The van der Waals surface area contributed by atoms with Gasteiger partial charge in [-0.1, -0.05) is 12.1 Å². The van der Waals surface area contributed by atoms with Crippen molar-refractivity contribution in [3.8, 4) is 0 Å². The summed E-state index contributed by atoms with van der Waals surface area (Å²) in [5, 5.41) is 2.51. The van der Waals surface area contributed by atoms with Gasteiger partial charge in [-0.15, -0.1) is 0 Å². The lowest BCUT2D eigenvalue weighted by Crippen LogP contribution is -2.17. The van der Waals surface area contributed by atoms with Crippen LogP contribution in [0.15, 0.2) is 48.5 Å². The third-order valence-corrected chi connectivity index (χ3v) is 2.80. The molecule has 2 aromatic rings. The van der Waals surface area contributed by atoms with Crippen LogP contribution in [0.1, 0.15) is 12.0 Å². The van der Waals surface area contributed by atoms with E-state index in [2.05, 4.69) is 5.32 Å². The zero-order valence-electron chi connectivity index (χ0n) is 11.1. The summed E-state index contributed by atoms with van der Waals surface area (Å²) in [4.78, 5) is 23.4. The molecule has 3 nitrogen and oxygen atoms in total. The summed E-state index contributed by atoms with van der Waals surface area (Å²) in [7, 11) is 0. The maximum Gasteiger partial charge on any atom is 0.231 e. The summed E-state index contributed by atoms with van der Waals surface area (Å²) in [6.07, 6.45) is -0.216. The SMILES string of the molecule is O=C(CC(=O)Nc1ccc(F)cc1)Cc1ccc(F)cc1. The molecule has 0 radical (unpaired) electrons. The number of hydrogen-bond donors (Lipinski definition) is 1. The van der Waals surface area contributed by atoms with Gasteiger partial charge in [0.25, 0.3) is 0 Å². The number of ketones is 1. The summed E-state index contributed by atoms with van der Waals surface area (Å²) in [6.45, 7) is 0. The quantitative estimate of drug-likeness (QED) is 0.860. The van der Waals surface area contributed by atoms with Crippen molar-refractivity contribution in [1.82, 2.24) is 0 Å². The topological polar surface area (TPSA) is 46.2 Å². The third kappa shape index (κ3) is 4.80. The van der Waals surface area contributed by atoms with E-state index in [4.69, 9.17) is 0 Å². The van der Waals surface area contributed by atoms with Crippen LogP contribution in [0.25, 0.3) is 0 Å². The van der Waals surface area contributed by atoms with Crippen molar-refractivity contribution >= 4 is 17.4 Å². The first-order valence-electron chi connectivity index (χ1n) is 6.34. The van der Waals surface area contributed by atoms with Crippen molar-refractivity contribution in [3.05, 3.63) is 65.7 Å². The Morgan fingerprint density at radius 3 is 1.95 bits per heavy atom. The van der Waals surface area contributed by atoms with Crippen LogP contribution in [-0.2, 0) is 16.0 Å². The van der Waals surface area contributed by atoms with Crippen LogP contribution in [-0.4, -0.2) is 11.7 Å². The van der Waals surface area contributed by atoms with E-state index in [1.807, 2.05) is 0 Å². The number of carbonyl (C=O) groups excluding carboxylic acids is 2. The molecule has 0 aromatic heterocycles. The average Bonchev–Trinajstić information content (AvgIpc) is 2.44. The van der Waals surface area contributed by atoms with Gasteiger partial charge in [0.2, 0.25) is 5.91 Å². The molecule has 0 saturated carbocycles. The van der Waals surface area contributed by atoms with E-state index in [0.717, 1.165) is 0 Å². The van der Waals surface area contributed by atoms with E-state index < -0.39 is 11.7 Å². The molecule has 1 amide bonds. The second-order valence-corrected chi connectivity index (χ2v) is 4.57. The van der Waals surface area contributed by atoms with Gasteiger partial charge in [-0.25, -0.2) is 8.78 Å². The van der Waals surface area contributed by atoms with Crippen molar-refractivity contribution in [2.24, 2.45) is 0 Å². The average molecular weight is 289 g/mol. The summed E-state index contributed by atoms with van der Waals surface area (Å²) in [5.41, 5.74) is 1.08. The smallest absolute Gasteiger partial charge is 0.231 e. The molecule has 2 aromatic carbocycles. The molecule has 5 heteroatoms. The maximum atomic E-state index is 12.7. The molecule has 0 bridgehead atoms. The highest BCUT2D eigenvalue weighted by Gasteiger charge is 2.10. The van der Waals surface area contributed by atoms with Gasteiger partial charge in [-0.2, -0.15) is 0 Å². The van der Waals surface area contributed by atoms with Gasteiger partial charge in [-0.05, 0) is 42.0 Å². The number of hydrogen-bond acceptors (Lipinski definition) is 2. The van der Waals surface area contributed by atoms with Crippen LogP contribution in [0.4, 0.5) is 14.5 Å². The van der Waals surface area contributed by atoms with Gasteiger partial charge < -0.3 is 5.32 Å². The Bertz CT molecular complexity index is 579. The van der Waals surface area contributed by atoms with Gasteiger partial charge in [0, 0.05) is 12.1 Å². The van der Waals surface area contributed by atoms with Crippen molar-refractivity contribution in [2.45, 2.75) is 12.8 Å². The fourth-order valence-electron chi connectivity index (χ4n) is 1.81. The lowest BCUT2D eigenvalue weighted by molar-refractivity contribution is -0.125. The van der Waals surface area contributed by atoms with Gasteiger partial charge in [0.05, 0.1) is 6.42 Å². The highest BCUT2D eigenvalue weighted by Crippen LogP contribution is 2.09. The fourth-order valence-corrected chi connectivity index (χ4v) is 1.81. The number of rotatable bonds is 5. The summed E-state index contributed by atoms with van der Waals surface area (Å²) in [5.74, 6) is -1.52. The number of benzene rings is 2. The normalized spacial score (nSPS) is 10.2. The van der Waals surface area contributed by atoms with Crippen molar-refractivity contribution in [1.29, 1.82) is 0 Å². The molecule has 21 heavy (non-hydrogen) atoms. The van der Waals surface area contributed by atoms with E-state index in [0.29, 0.717) is 11.3 Å². The van der Waals surface area contributed by atoms with E-state index in [-0.39, 0.29) is 24.4 Å². The standard InChI is InChI=1S/C16H13F2NO2/c17-12-3-1-11(2-4-12)9-15(20)10-16(21)19-14-7-5-13(18)6-8-14/h1-8H,9-10H2,(H,19,21). The van der Waals surface area contributed by atoms with E-state index >= 15 is 0 Å². The first-order chi connectivity index (χ1) is 10.0. The predicted molar refractivity (Wildman–Crippen MR) is 74.8 cm³/mol. The zero-order chi connectivity index (χ0) is 15.2. The maximum absolute atomic E-state index is 12.7. The Labute approximate surface area is 120 Å². The van der Waals surface area contributed by atoms with Crippen LogP contribution in [0, 0.1) is 11.6 Å². The molecule has 2 rings (SSSR count). The summed E-state index contributed by atoms with van der Waals surface area (Å²) < 4.78 is 25.4. The lowest BCUT2D eigenvalue weighted by Gasteiger charge is -2.05. The largest absolute Gasteiger partial charge is 0.326 e. The number of Topliss-reactive ketones (excluding diaryl/α,β-unsaturated/α-hetero) is 1. The Kier molecular flexibility index (Phi) is 4.77. The minimum absolute atomic E-state index is 0.0666. The highest BCUT2D eigenvalue weighted by atomic mass is 19.1. The predicted octanol–water partition coefficient (Wildman–Crippen LogP) is 3.11. The lowest BCUT2D eigenvalue weighted by atomic mass is 10.1. The highest BCUT2D eigenvalue weighted by molar-refractivity contribution is 6.04. The van der Waals surface area contributed by atoms with Gasteiger partial charge >= 0.3 is 0 Å². The Morgan fingerprint density at radius 1 is 0.857 bits per heavy atom. The molecule has 1 N–H and O–H groups in total. The van der Waals surface area contributed by atoms with Crippen LogP contribution >= 0.6 is 0 Å². The van der Waals surface area contributed by atoms with Crippen LogP contribution in [0.3, 0.4) is 0 Å². The minimum Gasteiger partial charge on any atom is -0.326 e. The molecule has 0 heterocycles. The van der Waals surface area contributed by atoms with E-state index in [1.54, 1.807) is 0 Å². The molecule has 0 aliphatic carbocycles. The molecular formula is C16H13F2NO2. The van der Waals surface area contributed by atoms with Gasteiger partial charge in [-0.3, -0.25) is 9.59 Å². The van der Waals surface area contributed by atoms with Crippen LogP contribution < -0.4 is 5.32 Å². The third-order valence-electron chi connectivity index (χ3n) is 2.80. The number of carbonyl (C=O) groups is 2. The van der Waals surface area contributed by atoms with Crippen molar-refractivity contribution < 1.29 is 18.4 Å². The first-order valence-corrected chi connectivity index (χ1v) is 6.34. The number of halogens is 2. The Hall–Kier alpha value is -2.56. The van der Waals surface area contributed by atoms with Crippen LogP contribution in [0.5, 0.6) is 0 Å². The van der Waals surface area contributed by atoms with Crippen molar-refractivity contribution in [2.75, 3.05) is 5.32 Å². The number of anilines is 1. The van der Waals surface area contributed by atoms with Crippen LogP contribution in [0.2, 0.25) is 0 Å². The molecule has 0 fully saturated rings. The second kappa shape index (κ2) is 6.74. The van der Waals surface area contributed by atoms with Crippen molar-refractivity contribution in [3.63, 3.8) is 0 Å². The zero-order valence-corrected chi connectivity index (χ0v) is 11.1. The summed E-state index contributed by atoms with van der Waals surface area (Å²) in [6, 6.07) is 10.8. The monoisotopic (exact) mass is 289 g/mol. The Morgan fingerprint density at radius 2 is 1.38 bits per heavy atom. The Balaban J connectivity index is 1.85. The molecule has 0 unspecified atom stereocenters. The molecule has 108 valence electrons. The molecule has 0 atom stereocenters. The minimum atomic E-state index is -0.464. The van der Waals surface area contributed by atoms with Gasteiger partial charge in [0.1, 0.15) is 17.4 Å². The fraction of sp³-hybridized carbons (Fsp3) is 0.125. The molecule has 0 aliphatic heterocycles. The number of amides is 1. The molecule has 0 spiro atoms. The molecule has 0 aliphatic rings.